The molecule has 0 nitrogen and oxygen atoms in total. The Labute approximate surface area is 123 Å². The van der Waals surface area contributed by atoms with Crippen molar-refractivity contribution in [1.82, 2.24) is 0 Å². The van der Waals surface area contributed by atoms with Gasteiger partial charge in [0.1, 0.15) is 0 Å². The maximum Gasteiger partial charge on any atom is 0.0488 e. The van der Waals surface area contributed by atoms with E-state index in [1.54, 1.807) is 0 Å². The first-order valence-corrected chi connectivity index (χ1v) is 8.39. The first kappa shape index (κ1) is 12.2. The smallest absolute Gasteiger partial charge is 0.0488 e. The van der Waals surface area contributed by atoms with Crippen molar-refractivity contribution in [3.63, 3.8) is 0 Å². The summed E-state index contributed by atoms with van der Waals surface area (Å²) in [5.41, 5.74) is 1.97. The zero-order chi connectivity index (χ0) is 12.2. The summed E-state index contributed by atoms with van der Waals surface area (Å²) >= 11 is 9.37. The van der Waals surface area contributed by atoms with Gasteiger partial charge in [0.25, 0.3) is 0 Å². The van der Waals surface area contributed by atoms with Gasteiger partial charge in [-0.3, -0.25) is 0 Å². The lowest BCUT2D eigenvalue weighted by Crippen LogP contribution is -1.97. The molecule has 2 unspecified atom stereocenters. The van der Waals surface area contributed by atoms with Crippen LogP contribution < -0.4 is 0 Å². The van der Waals surface area contributed by atoms with Crippen LogP contribution in [0, 0.1) is 11.3 Å². The Bertz CT molecular complexity index is 571. The van der Waals surface area contributed by atoms with Gasteiger partial charge in [0.05, 0.1) is 0 Å². The fourth-order valence-electron chi connectivity index (χ4n) is 2.48. The molecule has 0 spiro atoms. The van der Waals surface area contributed by atoms with Crippen LogP contribution in [0.25, 0.3) is 10.1 Å². The van der Waals surface area contributed by atoms with E-state index in [4.69, 9.17) is 0 Å². The molecule has 2 aromatic rings. The molecule has 0 bridgehead atoms. The van der Waals surface area contributed by atoms with Crippen LogP contribution >= 0.6 is 43.2 Å². The van der Waals surface area contributed by atoms with Gasteiger partial charge < -0.3 is 0 Å². The molecule has 0 amide bonds. The first-order valence-electron chi connectivity index (χ1n) is 5.80. The molecular formula is C14H14Br2S. The minimum absolute atomic E-state index is 0.501. The van der Waals surface area contributed by atoms with Crippen molar-refractivity contribution in [2.75, 3.05) is 0 Å². The summed E-state index contributed by atoms with van der Waals surface area (Å²) in [5.74, 6) is 0.777. The van der Waals surface area contributed by atoms with Crippen molar-refractivity contribution in [2.24, 2.45) is 11.3 Å². The highest BCUT2D eigenvalue weighted by molar-refractivity contribution is 9.10. The topological polar surface area (TPSA) is 0 Å². The van der Waals surface area contributed by atoms with Crippen molar-refractivity contribution >= 4 is 53.3 Å². The van der Waals surface area contributed by atoms with Crippen LogP contribution in [0.15, 0.2) is 28.1 Å². The van der Waals surface area contributed by atoms with Crippen LogP contribution in [0.2, 0.25) is 0 Å². The largest absolute Gasteiger partial charge is 0.142 e. The van der Waals surface area contributed by atoms with Crippen LogP contribution in [-0.2, 0) is 0 Å². The number of benzene rings is 1. The van der Waals surface area contributed by atoms with Crippen molar-refractivity contribution in [1.29, 1.82) is 0 Å². The quantitative estimate of drug-likeness (QED) is 0.554. The molecular weight excluding hydrogens is 360 g/mol. The number of thiophene rings is 1. The lowest BCUT2D eigenvalue weighted by atomic mass is 10.0. The predicted octanol–water partition coefficient (Wildman–Crippen LogP) is 6.15. The molecule has 90 valence electrons. The van der Waals surface area contributed by atoms with Crippen LogP contribution in [-0.4, -0.2) is 0 Å². The lowest BCUT2D eigenvalue weighted by Gasteiger charge is -2.11. The number of halogens is 2. The van der Waals surface area contributed by atoms with Crippen molar-refractivity contribution in [2.45, 2.75) is 25.1 Å². The van der Waals surface area contributed by atoms with E-state index < -0.39 is 0 Å². The number of fused-ring (bicyclic) bond motifs is 1. The van der Waals surface area contributed by atoms with Crippen LogP contribution in [0.5, 0.6) is 0 Å². The highest BCUT2D eigenvalue weighted by Crippen LogP contribution is 2.61. The maximum absolute atomic E-state index is 3.90. The average Bonchev–Trinajstić information content (AvgIpc) is 2.74. The summed E-state index contributed by atoms with van der Waals surface area (Å²) in [4.78, 5) is 0.501. The van der Waals surface area contributed by atoms with Gasteiger partial charge in [-0.1, -0.05) is 41.9 Å². The van der Waals surface area contributed by atoms with E-state index in [0.29, 0.717) is 10.2 Å². The molecule has 1 aromatic carbocycles. The Balaban J connectivity index is 2.04. The molecule has 1 saturated carbocycles. The van der Waals surface area contributed by atoms with Gasteiger partial charge in [-0.05, 0) is 56.1 Å². The van der Waals surface area contributed by atoms with Gasteiger partial charge in [0.2, 0.25) is 0 Å². The Kier molecular flexibility index (Phi) is 2.92. The van der Waals surface area contributed by atoms with Gasteiger partial charge in [0.15, 0.2) is 0 Å². The second kappa shape index (κ2) is 4.07. The number of hydrogen-bond acceptors (Lipinski definition) is 1. The summed E-state index contributed by atoms with van der Waals surface area (Å²) in [6.45, 7) is 4.72. The highest BCUT2D eigenvalue weighted by Gasteiger charge is 2.50. The van der Waals surface area contributed by atoms with E-state index in [0.717, 1.165) is 5.92 Å². The summed E-state index contributed by atoms with van der Waals surface area (Å²) in [6.07, 6.45) is 1.33. The summed E-state index contributed by atoms with van der Waals surface area (Å²) in [6, 6.07) is 6.48. The number of alkyl halides is 1. The molecule has 1 aliphatic carbocycles. The fourth-order valence-corrected chi connectivity index (χ4v) is 5.59. The first-order chi connectivity index (χ1) is 8.00. The van der Waals surface area contributed by atoms with E-state index in [9.17, 15) is 0 Å². The van der Waals surface area contributed by atoms with Crippen LogP contribution in [0.3, 0.4) is 0 Å². The third-order valence-corrected chi connectivity index (χ3v) is 6.92. The zero-order valence-electron chi connectivity index (χ0n) is 9.84. The van der Waals surface area contributed by atoms with Gasteiger partial charge in [-0.15, -0.1) is 11.3 Å². The van der Waals surface area contributed by atoms with Gasteiger partial charge in [-0.2, -0.15) is 0 Å². The van der Waals surface area contributed by atoms with Gasteiger partial charge in [0, 0.05) is 14.0 Å². The Hall–Kier alpha value is 0.140. The Morgan fingerprint density at radius 1 is 1.41 bits per heavy atom. The molecule has 1 fully saturated rings. The van der Waals surface area contributed by atoms with E-state index in [2.05, 4.69) is 69.3 Å². The van der Waals surface area contributed by atoms with E-state index in [1.807, 2.05) is 11.3 Å². The van der Waals surface area contributed by atoms with Crippen LogP contribution in [0.1, 0.15) is 30.7 Å². The average molecular weight is 374 g/mol. The molecule has 0 radical (unpaired) electrons. The second-order valence-corrected chi connectivity index (χ2v) is 8.23. The monoisotopic (exact) mass is 372 g/mol. The zero-order valence-corrected chi connectivity index (χ0v) is 13.8. The fraction of sp³-hybridized carbons (Fsp3) is 0.429. The third kappa shape index (κ3) is 2.00. The minimum atomic E-state index is 0.501. The third-order valence-electron chi connectivity index (χ3n) is 3.82. The maximum atomic E-state index is 3.90. The van der Waals surface area contributed by atoms with Crippen molar-refractivity contribution in [3.05, 3.63) is 33.6 Å². The van der Waals surface area contributed by atoms with E-state index in [1.165, 1.54) is 26.5 Å². The van der Waals surface area contributed by atoms with E-state index in [-0.39, 0.29) is 0 Å². The molecule has 0 saturated heterocycles. The molecule has 2 atom stereocenters. The summed E-state index contributed by atoms with van der Waals surface area (Å²) in [5, 5.41) is 3.71. The molecule has 1 aliphatic rings. The molecule has 1 heterocycles. The molecule has 3 heteroatoms. The molecule has 3 rings (SSSR count). The standard InChI is InChI=1S/C14H14Br2S/c1-14(2)6-10(14)12(16)9-7-17-13-8(9)4-3-5-11(13)15/h3-5,7,10,12H,6H2,1-2H3. The number of rotatable bonds is 2. The summed E-state index contributed by atoms with van der Waals surface area (Å²) in [7, 11) is 0. The molecule has 0 N–H and O–H groups in total. The number of hydrogen-bond donors (Lipinski definition) is 0. The van der Waals surface area contributed by atoms with Crippen molar-refractivity contribution in [3.8, 4) is 0 Å². The molecule has 1 aromatic heterocycles. The van der Waals surface area contributed by atoms with Crippen molar-refractivity contribution < 1.29 is 0 Å². The lowest BCUT2D eigenvalue weighted by molar-refractivity contribution is 0.556. The Morgan fingerprint density at radius 3 is 2.76 bits per heavy atom. The summed E-state index contributed by atoms with van der Waals surface area (Å²) < 4.78 is 2.58. The SMILES string of the molecule is CC1(C)CC1C(Br)c1csc2c(Br)cccc12. The normalized spacial score (nSPS) is 23.9. The molecule has 0 aliphatic heterocycles. The second-order valence-electron chi connectivity index (χ2n) is 5.51. The van der Waals surface area contributed by atoms with Gasteiger partial charge in [-0.25, -0.2) is 0 Å². The van der Waals surface area contributed by atoms with Gasteiger partial charge >= 0.3 is 0 Å². The Morgan fingerprint density at radius 2 is 2.12 bits per heavy atom. The molecule has 17 heavy (non-hydrogen) atoms. The highest BCUT2D eigenvalue weighted by atomic mass is 79.9. The van der Waals surface area contributed by atoms with Crippen LogP contribution in [0.4, 0.5) is 0 Å². The minimum Gasteiger partial charge on any atom is -0.142 e. The van der Waals surface area contributed by atoms with E-state index >= 15 is 0 Å². The predicted molar refractivity (Wildman–Crippen MR) is 83.1 cm³/mol.